The van der Waals surface area contributed by atoms with Crippen molar-refractivity contribution in [2.24, 2.45) is 0 Å². The van der Waals surface area contributed by atoms with Crippen molar-refractivity contribution in [3.8, 4) is 5.75 Å². The topological polar surface area (TPSA) is 66.8 Å². The summed E-state index contributed by atoms with van der Waals surface area (Å²) in [6.45, 7) is 3.26. The lowest BCUT2D eigenvalue weighted by atomic mass is 10.1. The van der Waals surface area contributed by atoms with Crippen LogP contribution in [0.2, 0.25) is 0 Å². The van der Waals surface area contributed by atoms with Crippen molar-refractivity contribution in [1.29, 1.82) is 0 Å². The van der Waals surface area contributed by atoms with Gasteiger partial charge < -0.3 is 14.7 Å². The molecule has 1 amide bonds. The zero-order valence-electron chi connectivity index (χ0n) is 11.7. The van der Waals surface area contributed by atoms with E-state index in [1.54, 1.807) is 13.8 Å². The van der Waals surface area contributed by atoms with E-state index in [2.05, 4.69) is 0 Å². The predicted molar refractivity (Wildman–Crippen MR) is 71.0 cm³/mol. The molecule has 0 atom stereocenters. The third-order valence-corrected chi connectivity index (χ3v) is 2.71. The Labute approximate surface area is 117 Å². The Bertz CT molecular complexity index is 484. The molecule has 0 aliphatic carbocycles. The molecule has 0 fully saturated rings. The molecule has 0 aliphatic rings. The Kier molecular flexibility index (Phi) is 5.07. The fourth-order valence-electron chi connectivity index (χ4n) is 1.67. The van der Waals surface area contributed by atoms with Gasteiger partial charge in [0.1, 0.15) is 11.6 Å². The highest BCUT2D eigenvalue weighted by atomic mass is 19.1. The second kappa shape index (κ2) is 6.36. The fraction of sp³-hybridized carbons (Fsp3) is 0.429. The third-order valence-electron chi connectivity index (χ3n) is 2.71. The lowest BCUT2D eigenvalue weighted by Gasteiger charge is -2.29. The highest BCUT2D eigenvalue weighted by molar-refractivity contribution is 5.85. The quantitative estimate of drug-likeness (QED) is 0.866. The van der Waals surface area contributed by atoms with Crippen molar-refractivity contribution >= 4 is 11.9 Å². The van der Waals surface area contributed by atoms with Crippen molar-refractivity contribution in [3.05, 3.63) is 30.1 Å². The number of aliphatic carboxylic acids is 1. The van der Waals surface area contributed by atoms with Crippen LogP contribution in [0.1, 0.15) is 20.3 Å². The number of benzene rings is 1. The maximum Gasteiger partial charge on any atom is 0.305 e. The van der Waals surface area contributed by atoms with Crippen LogP contribution in [0.3, 0.4) is 0 Å². The summed E-state index contributed by atoms with van der Waals surface area (Å²) in [6, 6.07) is 5.34. The second-order valence-electron chi connectivity index (χ2n) is 4.94. The first kappa shape index (κ1) is 15.9. The van der Waals surface area contributed by atoms with E-state index >= 15 is 0 Å². The fourth-order valence-corrected chi connectivity index (χ4v) is 1.67. The molecule has 1 aromatic rings. The summed E-state index contributed by atoms with van der Waals surface area (Å²) in [4.78, 5) is 24.0. The van der Waals surface area contributed by atoms with Crippen molar-refractivity contribution in [2.45, 2.75) is 25.9 Å². The Balaban J connectivity index is 2.69. The highest BCUT2D eigenvalue weighted by Crippen LogP contribution is 2.20. The highest BCUT2D eigenvalue weighted by Gasteiger charge is 2.32. The summed E-state index contributed by atoms with van der Waals surface area (Å²) in [6.07, 6.45) is -0.130. The van der Waals surface area contributed by atoms with Gasteiger partial charge in [-0.2, -0.15) is 0 Å². The molecular formula is C14H18FNO4. The maximum absolute atomic E-state index is 12.8. The summed E-state index contributed by atoms with van der Waals surface area (Å²) in [5, 5.41) is 8.60. The average Bonchev–Trinajstić information content (AvgIpc) is 2.37. The molecule has 20 heavy (non-hydrogen) atoms. The molecule has 0 spiro atoms. The number of hydrogen-bond acceptors (Lipinski definition) is 3. The van der Waals surface area contributed by atoms with E-state index in [0.29, 0.717) is 5.75 Å². The van der Waals surface area contributed by atoms with Gasteiger partial charge in [0.25, 0.3) is 5.91 Å². The van der Waals surface area contributed by atoms with Crippen LogP contribution in [0.5, 0.6) is 5.75 Å². The minimum Gasteiger partial charge on any atom is -0.481 e. The predicted octanol–water partition coefficient (Wildman–Crippen LogP) is 1.92. The van der Waals surface area contributed by atoms with Gasteiger partial charge >= 0.3 is 5.97 Å². The molecule has 1 aromatic carbocycles. The first-order valence-corrected chi connectivity index (χ1v) is 6.14. The minimum atomic E-state index is -1.16. The Morgan fingerprint density at radius 1 is 1.30 bits per heavy atom. The van der Waals surface area contributed by atoms with Gasteiger partial charge in [0.05, 0.1) is 6.42 Å². The van der Waals surface area contributed by atoms with Crippen molar-refractivity contribution in [1.82, 2.24) is 4.90 Å². The number of carbonyl (C=O) groups excluding carboxylic acids is 1. The van der Waals surface area contributed by atoms with E-state index < -0.39 is 11.6 Å². The number of nitrogens with zero attached hydrogens (tertiary/aromatic N) is 1. The zero-order chi connectivity index (χ0) is 15.3. The summed E-state index contributed by atoms with van der Waals surface area (Å²) >= 11 is 0. The van der Waals surface area contributed by atoms with Crippen LogP contribution in [0.25, 0.3) is 0 Å². The number of carbonyl (C=O) groups is 2. The Morgan fingerprint density at radius 2 is 1.85 bits per heavy atom. The van der Waals surface area contributed by atoms with E-state index in [9.17, 15) is 14.0 Å². The van der Waals surface area contributed by atoms with Crippen molar-refractivity contribution in [2.75, 3.05) is 13.6 Å². The van der Waals surface area contributed by atoms with E-state index in [-0.39, 0.29) is 24.7 Å². The van der Waals surface area contributed by atoms with Gasteiger partial charge in [0, 0.05) is 13.6 Å². The Morgan fingerprint density at radius 3 is 2.35 bits per heavy atom. The number of likely N-dealkylation sites (N-methyl/N-ethyl adjacent to an activating group) is 1. The van der Waals surface area contributed by atoms with Gasteiger partial charge in [-0.15, -0.1) is 0 Å². The van der Waals surface area contributed by atoms with Gasteiger partial charge in [0.15, 0.2) is 5.60 Å². The van der Waals surface area contributed by atoms with Gasteiger partial charge in [0.2, 0.25) is 0 Å². The molecule has 0 aromatic heterocycles. The first-order valence-electron chi connectivity index (χ1n) is 6.14. The average molecular weight is 283 g/mol. The molecule has 0 heterocycles. The molecule has 1 N–H and O–H groups in total. The maximum atomic E-state index is 12.8. The number of ether oxygens (including phenoxy) is 1. The van der Waals surface area contributed by atoms with E-state index in [1.165, 1.54) is 36.2 Å². The van der Waals surface area contributed by atoms with Crippen LogP contribution in [0, 0.1) is 5.82 Å². The monoisotopic (exact) mass is 283 g/mol. The lowest BCUT2D eigenvalue weighted by molar-refractivity contribution is -0.145. The SMILES string of the molecule is CN(CCC(=O)O)C(=O)C(C)(C)Oc1ccc(F)cc1. The van der Waals surface area contributed by atoms with Gasteiger partial charge in [-0.25, -0.2) is 4.39 Å². The molecule has 0 aliphatic heterocycles. The van der Waals surface area contributed by atoms with Crippen LogP contribution in [0.4, 0.5) is 4.39 Å². The summed E-state index contributed by atoms with van der Waals surface area (Å²) in [5.41, 5.74) is -1.16. The number of halogens is 1. The summed E-state index contributed by atoms with van der Waals surface area (Å²) in [5.74, 6) is -1.33. The number of amides is 1. The van der Waals surface area contributed by atoms with E-state index in [1.807, 2.05) is 0 Å². The van der Waals surface area contributed by atoms with Gasteiger partial charge in [-0.3, -0.25) is 9.59 Å². The Hall–Kier alpha value is -2.11. The van der Waals surface area contributed by atoms with Crippen LogP contribution in [-0.2, 0) is 9.59 Å². The first-order chi connectivity index (χ1) is 9.22. The molecule has 0 bridgehead atoms. The largest absolute Gasteiger partial charge is 0.481 e. The van der Waals surface area contributed by atoms with Crippen LogP contribution in [-0.4, -0.2) is 41.1 Å². The summed E-state index contributed by atoms with van der Waals surface area (Å²) < 4.78 is 18.3. The van der Waals surface area contributed by atoms with Crippen molar-refractivity contribution in [3.63, 3.8) is 0 Å². The van der Waals surface area contributed by atoms with Crippen LogP contribution >= 0.6 is 0 Å². The molecule has 5 nitrogen and oxygen atoms in total. The lowest BCUT2D eigenvalue weighted by Crippen LogP contribution is -2.47. The molecule has 0 saturated heterocycles. The van der Waals surface area contributed by atoms with Gasteiger partial charge in [-0.1, -0.05) is 0 Å². The summed E-state index contributed by atoms with van der Waals surface area (Å²) in [7, 11) is 1.51. The second-order valence-corrected chi connectivity index (χ2v) is 4.94. The van der Waals surface area contributed by atoms with Crippen LogP contribution in [0.15, 0.2) is 24.3 Å². The molecule has 0 unspecified atom stereocenters. The molecule has 110 valence electrons. The molecular weight excluding hydrogens is 265 g/mol. The molecule has 6 heteroatoms. The van der Waals surface area contributed by atoms with Crippen LogP contribution < -0.4 is 4.74 Å². The minimum absolute atomic E-state index is 0.102. The van der Waals surface area contributed by atoms with Gasteiger partial charge in [-0.05, 0) is 38.1 Å². The molecule has 0 radical (unpaired) electrons. The van der Waals surface area contributed by atoms with Crippen molar-refractivity contribution < 1.29 is 23.8 Å². The standard InChI is InChI=1S/C14H18FNO4/c1-14(2,13(19)16(3)9-8-12(17)18)20-11-6-4-10(15)5-7-11/h4-7H,8-9H2,1-3H3,(H,17,18). The van der Waals surface area contributed by atoms with E-state index in [4.69, 9.17) is 9.84 Å². The number of rotatable bonds is 6. The smallest absolute Gasteiger partial charge is 0.305 e. The van der Waals surface area contributed by atoms with E-state index in [0.717, 1.165) is 0 Å². The molecule has 0 saturated carbocycles. The molecule has 1 rings (SSSR count). The normalized spacial score (nSPS) is 11.0. The zero-order valence-corrected chi connectivity index (χ0v) is 11.7. The number of carboxylic acids is 1. The third kappa shape index (κ3) is 4.53. The number of carboxylic acid groups (broad SMARTS) is 1. The number of hydrogen-bond donors (Lipinski definition) is 1.